The molecule has 0 aromatic heterocycles. The van der Waals surface area contributed by atoms with Gasteiger partial charge in [0, 0.05) is 13.1 Å². The first-order valence-corrected chi connectivity index (χ1v) is 14.9. The highest BCUT2D eigenvalue weighted by atomic mass is 32.2. The van der Waals surface area contributed by atoms with Gasteiger partial charge in [-0.25, -0.2) is 8.42 Å². The first kappa shape index (κ1) is 30.7. The minimum absolute atomic E-state index is 0.0436. The molecule has 0 aliphatic carbocycles. The van der Waals surface area contributed by atoms with E-state index >= 15 is 0 Å². The Hall–Kier alpha value is -3.85. The van der Waals surface area contributed by atoms with E-state index in [0.717, 1.165) is 15.4 Å². The molecule has 8 nitrogen and oxygen atoms in total. The summed E-state index contributed by atoms with van der Waals surface area (Å²) in [7, 11) is -4.17. The molecule has 0 saturated carbocycles. The molecule has 40 heavy (non-hydrogen) atoms. The number of rotatable bonds is 13. The van der Waals surface area contributed by atoms with Crippen molar-refractivity contribution < 1.29 is 22.7 Å². The van der Waals surface area contributed by atoms with Gasteiger partial charge in [-0.3, -0.25) is 13.9 Å². The van der Waals surface area contributed by atoms with Crippen LogP contribution in [-0.4, -0.2) is 50.9 Å². The number of sulfonamides is 1. The Morgan fingerprint density at radius 3 is 2.25 bits per heavy atom. The number of nitrogens with zero attached hydrogens (tertiary/aromatic N) is 2. The fraction of sp³-hybridized carbons (Fsp3) is 0.355. The largest absolute Gasteiger partial charge is 0.492 e. The van der Waals surface area contributed by atoms with Crippen LogP contribution in [0.1, 0.15) is 38.8 Å². The van der Waals surface area contributed by atoms with Gasteiger partial charge < -0.3 is 15.0 Å². The smallest absolute Gasteiger partial charge is 0.264 e. The summed E-state index contributed by atoms with van der Waals surface area (Å²) in [6.45, 7) is 9.80. The maximum absolute atomic E-state index is 14.0. The van der Waals surface area contributed by atoms with Crippen LogP contribution in [0.15, 0.2) is 83.8 Å². The summed E-state index contributed by atoms with van der Waals surface area (Å²) in [5.74, 6) is -0.245. The predicted molar refractivity (Wildman–Crippen MR) is 158 cm³/mol. The number of nitrogens with one attached hydrogen (secondary N) is 1. The van der Waals surface area contributed by atoms with Crippen LogP contribution in [0.5, 0.6) is 5.75 Å². The van der Waals surface area contributed by atoms with E-state index in [2.05, 4.69) is 5.32 Å². The van der Waals surface area contributed by atoms with Crippen LogP contribution < -0.4 is 14.4 Å². The van der Waals surface area contributed by atoms with Crippen molar-refractivity contribution in [1.82, 2.24) is 10.2 Å². The molecule has 0 saturated heterocycles. The molecule has 9 heteroatoms. The van der Waals surface area contributed by atoms with Gasteiger partial charge in [-0.2, -0.15) is 0 Å². The molecule has 2 amide bonds. The van der Waals surface area contributed by atoms with E-state index < -0.39 is 28.5 Å². The zero-order chi connectivity index (χ0) is 29.3. The van der Waals surface area contributed by atoms with Crippen molar-refractivity contribution in [2.24, 2.45) is 5.92 Å². The zero-order valence-electron chi connectivity index (χ0n) is 23.8. The topological polar surface area (TPSA) is 96.0 Å². The Morgan fingerprint density at radius 1 is 0.925 bits per heavy atom. The van der Waals surface area contributed by atoms with Crippen LogP contribution in [0.25, 0.3) is 0 Å². The van der Waals surface area contributed by atoms with Crippen LogP contribution in [0.3, 0.4) is 0 Å². The average molecular weight is 566 g/mol. The molecule has 0 aliphatic rings. The quantitative estimate of drug-likeness (QED) is 0.322. The molecule has 3 aromatic carbocycles. The third-order valence-electron chi connectivity index (χ3n) is 6.33. The fourth-order valence-corrected chi connectivity index (χ4v) is 5.66. The molecule has 0 spiro atoms. The summed E-state index contributed by atoms with van der Waals surface area (Å²) in [4.78, 5) is 28.6. The van der Waals surface area contributed by atoms with E-state index in [0.29, 0.717) is 18.9 Å². The van der Waals surface area contributed by atoms with Crippen LogP contribution in [-0.2, 0) is 26.2 Å². The second-order valence-corrected chi connectivity index (χ2v) is 11.9. The van der Waals surface area contributed by atoms with Gasteiger partial charge in [0.25, 0.3) is 10.0 Å². The van der Waals surface area contributed by atoms with E-state index in [1.807, 2.05) is 45.0 Å². The monoisotopic (exact) mass is 565 g/mol. The molecule has 0 fully saturated rings. The van der Waals surface area contributed by atoms with Gasteiger partial charge in [-0.15, -0.1) is 0 Å². The first-order chi connectivity index (χ1) is 19.0. The molecule has 214 valence electrons. The van der Waals surface area contributed by atoms with Crippen LogP contribution in [0.2, 0.25) is 0 Å². The van der Waals surface area contributed by atoms with Crippen molar-refractivity contribution in [2.75, 3.05) is 24.0 Å². The summed E-state index contributed by atoms with van der Waals surface area (Å²) in [5, 5.41) is 2.90. The van der Waals surface area contributed by atoms with Crippen LogP contribution >= 0.6 is 0 Å². The number of carbonyl (C=O) groups excluding carboxylic acids is 2. The summed E-state index contributed by atoms with van der Waals surface area (Å²) < 4.78 is 34.7. The normalized spacial score (nSPS) is 12.1. The van der Waals surface area contributed by atoms with Gasteiger partial charge in [0.15, 0.2) is 0 Å². The van der Waals surface area contributed by atoms with E-state index in [-0.39, 0.29) is 29.0 Å². The number of benzene rings is 3. The highest BCUT2D eigenvalue weighted by molar-refractivity contribution is 7.92. The van der Waals surface area contributed by atoms with Crippen molar-refractivity contribution >= 4 is 27.5 Å². The van der Waals surface area contributed by atoms with Gasteiger partial charge in [-0.1, -0.05) is 74.0 Å². The Kier molecular flexibility index (Phi) is 10.7. The minimum Gasteiger partial charge on any atom is -0.492 e. The lowest BCUT2D eigenvalue weighted by atomic mass is 10.1. The van der Waals surface area contributed by atoms with E-state index in [1.165, 1.54) is 17.0 Å². The molecule has 1 unspecified atom stereocenters. The number of hydrogen-bond acceptors (Lipinski definition) is 5. The van der Waals surface area contributed by atoms with Gasteiger partial charge in [0.1, 0.15) is 18.3 Å². The number of hydrogen-bond donors (Lipinski definition) is 1. The SMILES string of the molecule is CCOc1ccccc1N(CC(=O)N(Cc1cccc(C)c1)C(C)C(=O)NCC(C)C)S(=O)(=O)c1ccccc1. The van der Waals surface area contributed by atoms with Gasteiger partial charge in [-0.05, 0) is 56.5 Å². The summed E-state index contributed by atoms with van der Waals surface area (Å²) in [6.07, 6.45) is 0. The van der Waals surface area contributed by atoms with Crippen LogP contribution in [0, 0.1) is 12.8 Å². The first-order valence-electron chi connectivity index (χ1n) is 13.5. The van der Waals surface area contributed by atoms with E-state index in [9.17, 15) is 18.0 Å². The third-order valence-corrected chi connectivity index (χ3v) is 8.11. The maximum atomic E-state index is 14.0. The number of anilines is 1. The Bertz CT molecular complexity index is 1390. The lowest BCUT2D eigenvalue weighted by Crippen LogP contribution is -2.51. The lowest BCUT2D eigenvalue weighted by molar-refractivity contribution is -0.139. The highest BCUT2D eigenvalue weighted by Gasteiger charge is 2.33. The molecule has 1 atom stereocenters. The molecular weight excluding hydrogens is 526 g/mol. The molecule has 3 aromatic rings. The summed E-state index contributed by atoms with van der Waals surface area (Å²) >= 11 is 0. The van der Waals surface area contributed by atoms with Crippen molar-refractivity contribution in [1.29, 1.82) is 0 Å². The molecule has 3 rings (SSSR count). The Labute approximate surface area is 238 Å². The van der Waals surface area contributed by atoms with Crippen molar-refractivity contribution in [3.8, 4) is 5.75 Å². The van der Waals surface area contributed by atoms with Gasteiger partial charge in [0.2, 0.25) is 11.8 Å². The van der Waals surface area contributed by atoms with Crippen molar-refractivity contribution in [3.63, 3.8) is 0 Å². The number of aryl methyl sites for hydroxylation is 1. The van der Waals surface area contributed by atoms with Crippen molar-refractivity contribution in [3.05, 3.63) is 90.0 Å². The third kappa shape index (κ3) is 7.85. The summed E-state index contributed by atoms with van der Waals surface area (Å²) in [5.41, 5.74) is 2.10. The van der Waals surface area contributed by atoms with Crippen molar-refractivity contribution in [2.45, 2.75) is 52.1 Å². The van der Waals surface area contributed by atoms with Crippen LogP contribution in [0.4, 0.5) is 5.69 Å². The number of amides is 2. The minimum atomic E-state index is -4.17. The fourth-order valence-electron chi connectivity index (χ4n) is 4.22. The van der Waals surface area contributed by atoms with E-state index in [4.69, 9.17) is 4.74 Å². The average Bonchev–Trinajstić information content (AvgIpc) is 2.94. The maximum Gasteiger partial charge on any atom is 0.264 e. The lowest BCUT2D eigenvalue weighted by Gasteiger charge is -2.32. The highest BCUT2D eigenvalue weighted by Crippen LogP contribution is 2.32. The number of carbonyl (C=O) groups is 2. The summed E-state index contributed by atoms with van der Waals surface area (Å²) in [6, 6.07) is 21.5. The standard InChI is InChI=1S/C31H39N3O5S/c1-6-39-29-18-11-10-17-28(29)34(40(37,38)27-15-8-7-9-16-27)22-30(35)33(21-26-14-12-13-24(4)19-26)25(5)31(36)32-20-23(2)3/h7-19,23,25H,6,20-22H2,1-5H3,(H,32,36). The molecule has 0 heterocycles. The van der Waals surface area contributed by atoms with Gasteiger partial charge >= 0.3 is 0 Å². The molecule has 0 radical (unpaired) electrons. The second-order valence-electron chi connectivity index (χ2n) is 10.1. The Balaban J connectivity index is 2.05. The second kappa shape index (κ2) is 14.0. The number of para-hydroxylation sites is 2. The molecule has 1 N–H and O–H groups in total. The predicted octanol–water partition coefficient (Wildman–Crippen LogP) is 4.78. The Morgan fingerprint density at radius 2 is 1.60 bits per heavy atom. The van der Waals surface area contributed by atoms with Gasteiger partial charge in [0.05, 0.1) is 17.2 Å². The number of ether oxygens (including phenoxy) is 1. The van der Waals surface area contributed by atoms with E-state index in [1.54, 1.807) is 56.3 Å². The zero-order valence-corrected chi connectivity index (χ0v) is 24.6. The molecule has 0 aliphatic heterocycles. The molecule has 0 bridgehead atoms. The molecular formula is C31H39N3O5S.